The Morgan fingerprint density at radius 1 is 1.44 bits per heavy atom. The first-order valence-electron chi connectivity index (χ1n) is 5.70. The number of hydrogen-bond donors (Lipinski definition) is 1. The average molecular weight is 277 g/mol. The second-order valence-electron chi connectivity index (χ2n) is 3.92. The van der Waals surface area contributed by atoms with Gasteiger partial charge in [0, 0.05) is 18.0 Å². The molecular formula is C13H15N3S2. The molecule has 2 rings (SSSR count). The highest BCUT2D eigenvalue weighted by atomic mass is 32.1. The molecule has 1 aromatic carbocycles. The molecule has 0 aliphatic rings. The fourth-order valence-corrected chi connectivity index (χ4v) is 2.75. The Balaban J connectivity index is 2.39. The largest absolute Gasteiger partial charge is 0.389 e. The number of thiocarbonyl (C=S) groups is 1. The predicted octanol–water partition coefficient (Wildman–Crippen LogP) is 3.11. The van der Waals surface area contributed by atoms with Crippen molar-refractivity contribution in [2.75, 3.05) is 11.9 Å². The molecule has 2 N–H and O–H groups in total. The third-order valence-electron chi connectivity index (χ3n) is 2.72. The van der Waals surface area contributed by atoms with Crippen molar-refractivity contribution in [1.82, 2.24) is 4.98 Å². The van der Waals surface area contributed by atoms with E-state index in [-0.39, 0.29) is 0 Å². The van der Waals surface area contributed by atoms with Gasteiger partial charge >= 0.3 is 0 Å². The minimum absolute atomic E-state index is 0.407. The van der Waals surface area contributed by atoms with Gasteiger partial charge in [0.2, 0.25) is 0 Å². The molecule has 0 saturated carbocycles. The molecule has 0 fully saturated rings. The van der Waals surface area contributed by atoms with E-state index in [9.17, 15) is 0 Å². The van der Waals surface area contributed by atoms with Gasteiger partial charge in [-0.15, -0.1) is 11.3 Å². The molecule has 18 heavy (non-hydrogen) atoms. The lowest BCUT2D eigenvalue weighted by Gasteiger charge is -2.19. The summed E-state index contributed by atoms with van der Waals surface area (Å²) < 4.78 is 0. The lowest BCUT2D eigenvalue weighted by Crippen LogP contribution is -2.17. The zero-order valence-corrected chi connectivity index (χ0v) is 12.0. The summed E-state index contributed by atoms with van der Waals surface area (Å²) in [4.78, 5) is 7.00. The van der Waals surface area contributed by atoms with Gasteiger partial charge in [0.25, 0.3) is 0 Å². The van der Waals surface area contributed by atoms with E-state index in [1.165, 1.54) is 0 Å². The molecule has 0 atom stereocenters. The molecule has 0 spiro atoms. The number of nitrogens with zero attached hydrogens (tertiary/aromatic N) is 2. The van der Waals surface area contributed by atoms with Gasteiger partial charge in [-0.25, -0.2) is 4.98 Å². The van der Waals surface area contributed by atoms with Gasteiger partial charge in [0.15, 0.2) is 5.13 Å². The summed E-state index contributed by atoms with van der Waals surface area (Å²) in [5.41, 5.74) is 8.72. The number of rotatable bonds is 4. The van der Waals surface area contributed by atoms with Crippen LogP contribution in [0, 0.1) is 0 Å². The van der Waals surface area contributed by atoms with Crippen LogP contribution in [0.4, 0.5) is 10.8 Å². The highest BCUT2D eigenvalue weighted by Gasteiger charge is 2.13. The van der Waals surface area contributed by atoms with Crippen molar-refractivity contribution in [3.63, 3.8) is 0 Å². The fraction of sp³-hybridized carbons (Fsp3) is 0.231. The van der Waals surface area contributed by atoms with Gasteiger partial charge in [0.1, 0.15) is 4.99 Å². The van der Waals surface area contributed by atoms with Crippen molar-refractivity contribution in [2.45, 2.75) is 13.3 Å². The highest BCUT2D eigenvalue weighted by molar-refractivity contribution is 7.80. The number of thiazole rings is 1. The Morgan fingerprint density at radius 2 is 2.17 bits per heavy atom. The Hall–Kier alpha value is -1.46. The summed E-state index contributed by atoms with van der Waals surface area (Å²) >= 11 is 6.71. The fourth-order valence-electron chi connectivity index (χ4n) is 1.69. The molecular weight excluding hydrogens is 262 g/mol. The summed E-state index contributed by atoms with van der Waals surface area (Å²) in [6, 6.07) is 7.84. The zero-order valence-electron chi connectivity index (χ0n) is 10.4. The summed E-state index contributed by atoms with van der Waals surface area (Å²) in [7, 11) is 1.98. The van der Waals surface area contributed by atoms with Gasteiger partial charge in [-0.1, -0.05) is 31.3 Å². The monoisotopic (exact) mass is 277 g/mol. The van der Waals surface area contributed by atoms with Gasteiger partial charge in [-0.2, -0.15) is 0 Å². The van der Waals surface area contributed by atoms with Crippen molar-refractivity contribution in [1.29, 1.82) is 0 Å². The number of hydrogen-bond acceptors (Lipinski definition) is 4. The molecule has 0 amide bonds. The molecule has 3 nitrogen and oxygen atoms in total. The molecule has 0 aliphatic heterocycles. The van der Waals surface area contributed by atoms with E-state index < -0.39 is 0 Å². The predicted molar refractivity (Wildman–Crippen MR) is 81.9 cm³/mol. The van der Waals surface area contributed by atoms with Crippen LogP contribution in [0.2, 0.25) is 0 Å². The van der Waals surface area contributed by atoms with E-state index in [2.05, 4.69) is 17.3 Å². The highest BCUT2D eigenvalue weighted by Crippen LogP contribution is 2.29. The summed E-state index contributed by atoms with van der Waals surface area (Å²) in [5, 5.41) is 3.03. The third-order valence-corrected chi connectivity index (χ3v) is 3.91. The number of aromatic nitrogens is 1. The van der Waals surface area contributed by atoms with Gasteiger partial charge in [0.05, 0.1) is 11.4 Å². The summed E-state index contributed by atoms with van der Waals surface area (Å²) in [6.07, 6.45) is 0.946. The molecule has 0 aliphatic carbocycles. The minimum Gasteiger partial charge on any atom is -0.389 e. The molecule has 2 aromatic rings. The van der Waals surface area contributed by atoms with E-state index in [0.29, 0.717) is 4.99 Å². The molecule has 1 heterocycles. The molecule has 0 radical (unpaired) electrons. The van der Waals surface area contributed by atoms with E-state index >= 15 is 0 Å². The van der Waals surface area contributed by atoms with E-state index in [0.717, 1.165) is 28.5 Å². The van der Waals surface area contributed by atoms with Crippen LogP contribution in [0.5, 0.6) is 0 Å². The maximum Gasteiger partial charge on any atom is 0.189 e. The summed E-state index contributed by atoms with van der Waals surface area (Å²) in [6.45, 7) is 2.10. The first-order valence-corrected chi connectivity index (χ1v) is 6.99. The van der Waals surface area contributed by atoms with Crippen LogP contribution in [-0.4, -0.2) is 17.0 Å². The normalized spacial score (nSPS) is 10.3. The lowest BCUT2D eigenvalue weighted by molar-refractivity contribution is 1.04. The number of benzene rings is 1. The van der Waals surface area contributed by atoms with Crippen LogP contribution in [0.15, 0.2) is 29.6 Å². The SMILES string of the molecule is CCc1csc(N(C)c2ccccc2C(N)=S)n1. The zero-order chi connectivity index (χ0) is 13.1. The van der Waals surface area contributed by atoms with Crippen LogP contribution < -0.4 is 10.6 Å². The van der Waals surface area contributed by atoms with Crippen LogP contribution >= 0.6 is 23.6 Å². The second kappa shape index (κ2) is 5.46. The van der Waals surface area contributed by atoms with Crippen molar-refractivity contribution in [3.8, 4) is 0 Å². The van der Waals surface area contributed by atoms with Crippen molar-refractivity contribution in [2.24, 2.45) is 5.73 Å². The molecule has 1 aromatic heterocycles. The molecule has 0 saturated heterocycles. The van der Waals surface area contributed by atoms with Crippen LogP contribution in [0.25, 0.3) is 0 Å². The number of aryl methyl sites for hydroxylation is 1. The van der Waals surface area contributed by atoms with Crippen LogP contribution in [0.3, 0.4) is 0 Å². The van der Waals surface area contributed by atoms with Crippen molar-refractivity contribution < 1.29 is 0 Å². The maximum absolute atomic E-state index is 5.75. The van der Waals surface area contributed by atoms with Crippen LogP contribution in [0.1, 0.15) is 18.2 Å². The molecule has 5 heteroatoms. The Kier molecular flexibility index (Phi) is 3.93. The lowest BCUT2D eigenvalue weighted by atomic mass is 10.1. The molecule has 94 valence electrons. The second-order valence-corrected chi connectivity index (χ2v) is 5.19. The van der Waals surface area contributed by atoms with Crippen molar-refractivity contribution in [3.05, 3.63) is 40.9 Å². The first-order chi connectivity index (χ1) is 8.63. The minimum atomic E-state index is 0.407. The number of anilines is 2. The maximum atomic E-state index is 5.75. The Bertz CT molecular complexity index is 563. The van der Waals surface area contributed by atoms with Crippen LogP contribution in [-0.2, 0) is 6.42 Å². The van der Waals surface area contributed by atoms with Gasteiger partial charge in [-0.05, 0) is 18.6 Å². The van der Waals surface area contributed by atoms with Gasteiger partial charge < -0.3 is 10.6 Å². The number of nitrogens with two attached hydrogens (primary N) is 1. The average Bonchev–Trinajstić information content (AvgIpc) is 2.86. The van der Waals surface area contributed by atoms with Crippen molar-refractivity contribution >= 4 is 39.4 Å². The van der Waals surface area contributed by atoms with Gasteiger partial charge in [-0.3, -0.25) is 0 Å². The molecule has 0 unspecified atom stereocenters. The summed E-state index contributed by atoms with van der Waals surface area (Å²) in [5.74, 6) is 0. The molecule has 0 bridgehead atoms. The number of para-hydroxylation sites is 1. The standard InChI is InChI=1S/C13H15N3S2/c1-3-9-8-18-13(15-9)16(2)11-7-5-4-6-10(11)12(14)17/h4-8H,3H2,1-2H3,(H2,14,17). The quantitative estimate of drug-likeness (QED) is 0.872. The Morgan fingerprint density at radius 3 is 2.78 bits per heavy atom. The Labute approximate surface area is 116 Å². The third kappa shape index (κ3) is 2.52. The topological polar surface area (TPSA) is 42.1 Å². The van der Waals surface area contributed by atoms with E-state index in [1.807, 2.05) is 36.2 Å². The smallest absolute Gasteiger partial charge is 0.189 e. The van der Waals surface area contributed by atoms with E-state index in [4.69, 9.17) is 18.0 Å². The first kappa shape index (κ1) is 13.0. The van der Waals surface area contributed by atoms with E-state index in [1.54, 1.807) is 11.3 Å².